The number of carbonyl (C=O) groups excluding carboxylic acids is 2. The molecule has 0 aromatic heterocycles. The fraction of sp³-hybridized carbons (Fsp3) is 0.0714. The maximum atomic E-state index is 12.6. The third-order valence-electron chi connectivity index (χ3n) is 4.86. The van der Waals surface area contributed by atoms with E-state index in [1.807, 2.05) is 60.7 Å². The molecule has 0 fully saturated rings. The van der Waals surface area contributed by atoms with Crippen LogP contribution in [0.25, 0.3) is 0 Å². The van der Waals surface area contributed by atoms with Crippen molar-refractivity contribution in [1.82, 2.24) is 0 Å². The molecule has 0 amide bonds. The van der Waals surface area contributed by atoms with E-state index in [1.54, 1.807) is 31.2 Å². The van der Waals surface area contributed by atoms with Gasteiger partial charge in [0.25, 0.3) is 0 Å². The third-order valence-corrected chi connectivity index (χ3v) is 7.47. The van der Waals surface area contributed by atoms with Gasteiger partial charge in [0.1, 0.15) is 16.3 Å². The molecule has 1 atom stereocenters. The highest BCUT2D eigenvalue weighted by Crippen LogP contribution is 2.32. The van der Waals surface area contributed by atoms with E-state index in [9.17, 15) is 9.59 Å². The number of benzene rings is 4. The van der Waals surface area contributed by atoms with Crippen LogP contribution in [0.2, 0.25) is 0 Å². The quantitative estimate of drug-likeness (QED) is 0.115. The number of alkyl halides is 1. The van der Waals surface area contributed by atoms with Crippen LogP contribution in [0.4, 0.5) is 0 Å². The minimum Gasteiger partial charge on any atom is -0.426 e. The molecule has 4 rings (SSSR count). The molecule has 0 N–H and O–H groups in total. The van der Waals surface area contributed by atoms with E-state index in [4.69, 9.17) is 9.47 Å². The van der Waals surface area contributed by atoms with Gasteiger partial charge in [-0.1, -0.05) is 52.3 Å². The standard InChI is InChI=1S/C28H22BrO4S/c1-20(29)27(30)32-22-14-12-21(13-15-22)28(31)33-23-16-18-26(19-17-23)34(24-8-4-2-5-9-24)25-10-6-3-7-11-25/h2-20H,1H3/q+1. The van der Waals surface area contributed by atoms with Crippen LogP contribution in [-0.2, 0) is 15.7 Å². The Hall–Kier alpha value is -3.35. The summed E-state index contributed by atoms with van der Waals surface area (Å²) in [5, 5.41) is 0. The second-order valence-electron chi connectivity index (χ2n) is 7.35. The zero-order valence-electron chi connectivity index (χ0n) is 18.4. The summed E-state index contributed by atoms with van der Waals surface area (Å²) in [6, 6.07) is 34.6. The van der Waals surface area contributed by atoms with Crippen LogP contribution in [0, 0.1) is 0 Å². The first-order valence-electron chi connectivity index (χ1n) is 10.6. The largest absolute Gasteiger partial charge is 0.426 e. The maximum Gasteiger partial charge on any atom is 0.343 e. The second-order valence-corrected chi connectivity index (χ2v) is 10.8. The predicted octanol–water partition coefficient (Wildman–Crippen LogP) is 6.69. The fourth-order valence-electron chi connectivity index (χ4n) is 3.19. The van der Waals surface area contributed by atoms with Gasteiger partial charge in [-0.25, -0.2) is 4.79 Å². The highest BCUT2D eigenvalue weighted by Gasteiger charge is 2.28. The summed E-state index contributed by atoms with van der Waals surface area (Å²) in [7, 11) is -0.268. The molecule has 0 heterocycles. The highest BCUT2D eigenvalue weighted by molar-refractivity contribution is 9.10. The smallest absolute Gasteiger partial charge is 0.343 e. The number of halogens is 1. The molecule has 4 nitrogen and oxygen atoms in total. The molecule has 0 aliphatic carbocycles. The van der Waals surface area contributed by atoms with Crippen LogP contribution in [0.5, 0.6) is 11.5 Å². The van der Waals surface area contributed by atoms with Gasteiger partial charge < -0.3 is 9.47 Å². The van der Waals surface area contributed by atoms with Gasteiger partial charge in [-0.2, -0.15) is 0 Å². The fourth-order valence-corrected chi connectivity index (χ4v) is 5.36. The second kappa shape index (κ2) is 11.2. The van der Waals surface area contributed by atoms with Gasteiger partial charge in [0.05, 0.1) is 16.5 Å². The number of esters is 2. The van der Waals surface area contributed by atoms with Crippen molar-refractivity contribution >= 4 is 38.8 Å². The lowest BCUT2D eigenvalue weighted by molar-refractivity contribution is -0.133. The van der Waals surface area contributed by atoms with E-state index in [2.05, 4.69) is 40.2 Å². The van der Waals surface area contributed by atoms with Crippen molar-refractivity contribution in [3.05, 3.63) is 115 Å². The predicted molar refractivity (Wildman–Crippen MR) is 137 cm³/mol. The van der Waals surface area contributed by atoms with E-state index in [0.717, 1.165) is 4.90 Å². The van der Waals surface area contributed by atoms with E-state index in [0.29, 0.717) is 17.1 Å². The van der Waals surface area contributed by atoms with Gasteiger partial charge in [0.15, 0.2) is 14.7 Å². The molecule has 170 valence electrons. The first-order chi connectivity index (χ1) is 16.5. The number of hydrogen-bond acceptors (Lipinski definition) is 4. The van der Waals surface area contributed by atoms with Crippen molar-refractivity contribution in [1.29, 1.82) is 0 Å². The Morgan fingerprint density at radius 3 is 1.59 bits per heavy atom. The Balaban J connectivity index is 1.48. The Morgan fingerprint density at radius 1 is 0.647 bits per heavy atom. The van der Waals surface area contributed by atoms with Gasteiger partial charge in [-0.15, -0.1) is 0 Å². The first-order valence-corrected chi connectivity index (χ1v) is 12.8. The molecule has 6 heteroatoms. The summed E-state index contributed by atoms with van der Waals surface area (Å²) in [4.78, 5) is 27.4. The van der Waals surface area contributed by atoms with Gasteiger partial charge >= 0.3 is 11.9 Å². The first kappa shape index (κ1) is 23.8. The zero-order valence-corrected chi connectivity index (χ0v) is 20.8. The number of hydrogen-bond donors (Lipinski definition) is 0. The minimum atomic E-state index is -0.482. The molecule has 0 spiro atoms. The number of ether oxygens (including phenoxy) is 2. The lowest BCUT2D eigenvalue weighted by Crippen LogP contribution is -2.17. The van der Waals surface area contributed by atoms with Gasteiger partial charge in [-0.05, 0) is 79.7 Å². The van der Waals surface area contributed by atoms with Crippen molar-refractivity contribution in [3.63, 3.8) is 0 Å². The van der Waals surface area contributed by atoms with Crippen LogP contribution < -0.4 is 9.47 Å². The lowest BCUT2D eigenvalue weighted by atomic mass is 10.2. The van der Waals surface area contributed by atoms with Crippen LogP contribution in [0.1, 0.15) is 17.3 Å². The molecule has 4 aromatic rings. The number of carbonyl (C=O) groups is 2. The summed E-state index contributed by atoms with van der Waals surface area (Å²) in [5.74, 6) is -0.0573. The van der Waals surface area contributed by atoms with Crippen molar-refractivity contribution in [3.8, 4) is 11.5 Å². The molecular formula is C28H22BrO4S+. The highest BCUT2D eigenvalue weighted by atomic mass is 79.9. The summed E-state index contributed by atoms with van der Waals surface area (Å²) in [5.41, 5.74) is 0.365. The summed E-state index contributed by atoms with van der Waals surface area (Å²) in [6.07, 6.45) is 0. The third kappa shape index (κ3) is 5.95. The Labute approximate surface area is 210 Å². The minimum absolute atomic E-state index is 0.268. The van der Waals surface area contributed by atoms with Gasteiger partial charge in [-0.3, -0.25) is 4.79 Å². The normalized spacial score (nSPS) is 11.6. The molecule has 0 saturated heterocycles. The van der Waals surface area contributed by atoms with E-state index in [-0.39, 0.29) is 10.9 Å². The monoisotopic (exact) mass is 533 g/mol. The van der Waals surface area contributed by atoms with Crippen molar-refractivity contribution in [2.45, 2.75) is 26.4 Å². The molecule has 0 bridgehead atoms. The van der Waals surface area contributed by atoms with Crippen molar-refractivity contribution < 1.29 is 19.1 Å². The Kier molecular flexibility index (Phi) is 7.83. The SMILES string of the molecule is CC(Br)C(=O)Oc1ccc(C(=O)Oc2ccc([S+](c3ccccc3)c3ccccc3)cc2)cc1. The van der Waals surface area contributed by atoms with E-state index in [1.165, 1.54) is 9.79 Å². The van der Waals surface area contributed by atoms with Crippen molar-refractivity contribution in [2.75, 3.05) is 0 Å². The average molecular weight is 534 g/mol. The topological polar surface area (TPSA) is 52.6 Å². The Morgan fingerprint density at radius 2 is 1.09 bits per heavy atom. The van der Waals surface area contributed by atoms with Crippen LogP contribution in [0.3, 0.4) is 0 Å². The molecule has 0 aliphatic rings. The van der Waals surface area contributed by atoms with Crippen LogP contribution >= 0.6 is 15.9 Å². The molecule has 34 heavy (non-hydrogen) atoms. The van der Waals surface area contributed by atoms with Crippen molar-refractivity contribution in [2.24, 2.45) is 0 Å². The van der Waals surface area contributed by atoms with Crippen LogP contribution in [-0.4, -0.2) is 16.8 Å². The average Bonchev–Trinajstić information content (AvgIpc) is 2.87. The summed E-state index contributed by atoms with van der Waals surface area (Å²) >= 11 is 3.16. The van der Waals surface area contributed by atoms with Gasteiger partial charge in [0, 0.05) is 0 Å². The van der Waals surface area contributed by atoms with Crippen LogP contribution in [0.15, 0.2) is 124 Å². The van der Waals surface area contributed by atoms with E-state index < -0.39 is 16.8 Å². The molecule has 4 aromatic carbocycles. The molecule has 0 radical (unpaired) electrons. The molecule has 1 unspecified atom stereocenters. The summed E-state index contributed by atoms with van der Waals surface area (Å²) < 4.78 is 10.8. The maximum absolute atomic E-state index is 12.6. The molecule has 0 aliphatic heterocycles. The van der Waals surface area contributed by atoms with Gasteiger partial charge in [0.2, 0.25) is 0 Å². The molecule has 0 saturated carbocycles. The Bertz CT molecular complexity index is 1200. The lowest BCUT2D eigenvalue weighted by Gasteiger charge is -2.09. The van der Waals surface area contributed by atoms with E-state index >= 15 is 0 Å². The number of rotatable bonds is 7. The summed E-state index contributed by atoms with van der Waals surface area (Å²) in [6.45, 7) is 1.68. The molecular weight excluding hydrogens is 512 g/mol. The zero-order chi connectivity index (χ0) is 23.9.